The Balaban J connectivity index is 1.85. The molecule has 1 aromatic carbocycles. The summed E-state index contributed by atoms with van der Waals surface area (Å²) in [5, 5.41) is 0. The second-order valence-electron chi connectivity index (χ2n) is 5.94. The van der Waals surface area contributed by atoms with E-state index in [1.165, 1.54) is 7.11 Å². The predicted molar refractivity (Wildman–Crippen MR) is 84.2 cm³/mol. The van der Waals surface area contributed by atoms with Crippen LogP contribution in [-0.2, 0) is 19.7 Å². The Bertz CT molecular complexity index is 478. The lowest BCUT2D eigenvalue weighted by atomic mass is 9.85. The highest BCUT2D eigenvalue weighted by Crippen LogP contribution is 2.26. The Morgan fingerprint density at radius 2 is 1.86 bits per heavy atom. The van der Waals surface area contributed by atoms with Crippen molar-refractivity contribution < 1.29 is 19.0 Å². The average Bonchev–Trinajstić information content (AvgIpc) is 2.55. The van der Waals surface area contributed by atoms with Crippen molar-refractivity contribution in [1.82, 2.24) is 4.90 Å². The molecule has 5 nitrogen and oxygen atoms in total. The smallest absolute Gasteiger partial charge is 0.315 e. The van der Waals surface area contributed by atoms with Crippen LogP contribution in [0.1, 0.15) is 19.4 Å². The number of nitrogens with zero attached hydrogens (tertiary/aromatic N) is 1. The van der Waals surface area contributed by atoms with E-state index in [-0.39, 0.29) is 5.97 Å². The minimum atomic E-state index is -0.652. The second kappa shape index (κ2) is 7.61. The molecular formula is C17H25NO4. The zero-order chi connectivity index (χ0) is 16.0. The fourth-order valence-electron chi connectivity index (χ4n) is 2.46. The predicted octanol–water partition coefficient (Wildman–Crippen LogP) is 1.85. The van der Waals surface area contributed by atoms with Crippen LogP contribution in [0.3, 0.4) is 0 Å². The number of hydrogen-bond acceptors (Lipinski definition) is 5. The molecule has 1 aliphatic heterocycles. The first-order chi connectivity index (χ1) is 10.5. The summed E-state index contributed by atoms with van der Waals surface area (Å²) in [6.45, 7) is 8.80. The largest absolute Gasteiger partial charge is 0.492 e. The molecule has 1 fully saturated rings. The molecule has 1 aliphatic rings. The van der Waals surface area contributed by atoms with Gasteiger partial charge in [-0.05, 0) is 31.5 Å². The molecule has 0 amide bonds. The van der Waals surface area contributed by atoms with Gasteiger partial charge in [0.2, 0.25) is 0 Å². The summed E-state index contributed by atoms with van der Waals surface area (Å²) in [5.41, 5.74) is 0.265. The van der Waals surface area contributed by atoms with Crippen LogP contribution in [0.25, 0.3) is 0 Å². The Kier molecular flexibility index (Phi) is 5.80. The fraction of sp³-hybridized carbons (Fsp3) is 0.588. The second-order valence-corrected chi connectivity index (χ2v) is 5.94. The summed E-state index contributed by atoms with van der Waals surface area (Å²) in [4.78, 5) is 14.1. The number of methoxy groups -OCH3 is 1. The molecule has 0 unspecified atom stereocenters. The van der Waals surface area contributed by atoms with E-state index in [1.54, 1.807) is 0 Å². The van der Waals surface area contributed by atoms with E-state index >= 15 is 0 Å². The van der Waals surface area contributed by atoms with Gasteiger partial charge in [0.25, 0.3) is 0 Å². The first-order valence-electron chi connectivity index (χ1n) is 7.66. The van der Waals surface area contributed by atoms with Gasteiger partial charge >= 0.3 is 5.97 Å². The van der Waals surface area contributed by atoms with E-state index in [0.29, 0.717) is 6.61 Å². The van der Waals surface area contributed by atoms with Gasteiger partial charge in [-0.3, -0.25) is 9.69 Å². The van der Waals surface area contributed by atoms with Crippen LogP contribution in [0.2, 0.25) is 0 Å². The van der Waals surface area contributed by atoms with E-state index in [9.17, 15) is 4.79 Å². The van der Waals surface area contributed by atoms with Crippen LogP contribution in [0.4, 0.5) is 0 Å². The van der Waals surface area contributed by atoms with Crippen LogP contribution < -0.4 is 4.74 Å². The Morgan fingerprint density at radius 1 is 1.23 bits per heavy atom. The van der Waals surface area contributed by atoms with E-state index in [0.717, 1.165) is 44.2 Å². The molecule has 0 spiro atoms. The van der Waals surface area contributed by atoms with Crippen molar-refractivity contribution in [2.45, 2.75) is 19.3 Å². The molecule has 0 N–H and O–H groups in total. The van der Waals surface area contributed by atoms with Crippen LogP contribution in [0.15, 0.2) is 24.3 Å². The molecule has 1 aromatic rings. The molecule has 0 atom stereocenters. The Morgan fingerprint density at radius 3 is 2.45 bits per heavy atom. The normalized spacial score (nSPS) is 16.3. The zero-order valence-electron chi connectivity index (χ0n) is 13.6. The topological polar surface area (TPSA) is 48.0 Å². The maximum Gasteiger partial charge on any atom is 0.315 e. The first-order valence-corrected chi connectivity index (χ1v) is 7.66. The average molecular weight is 307 g/mol. The van der Waals surface area contributed by atoms with Gasteiger partial charge in [0.05, 0.1) is 25.7 Å². The molecule has 0 aromatic heterocycles. The summed E-state index contributed by atoms with van der Waals surface area (Å²) < 4.78 is 15.9. The van der Waals surface area contributed by atoms with Gasteiger partial charge in [-0.25, -0.2) is 0 Å². The number of rotatable bonds is 6. The first kappa shape index (κ1) is 16.8. The molecule has 0 bridgehead atoms. The number of morpholine rings is 1. The van der Waals surface area contributed by atoms with Crippen LogP contribution in [-0.4, -0.2) is 57.4 Å². The maximum atomic E-state index is 11.8. The summed E-state index contributed by atoms with van der Waals surface area (Å²) in [5.74, 6) is 0.575. The van der Waals surface area contributed by atoms with Gasteiger partial charge in [0.15, 0.2) is 0 Å². The lowest BCUT2D eigenvalue weighted by Gasteiger charge is -2.26. The highest BCUT2D eigenvalue weighted by atomic mass is 16.5. The number of hydrogen-bond donors (Lipinski definition) is 0. The summed E-state index contributed by atoms with van der Waals surface area (Å²) in [7, 11) is 1.41. The molecule has 0 radical (unpaired) electrons. The van der Waals surface area contributed by atoms with Crippen molar-refractivity contribution in [2.75, 3.05) is 46.6 Å². The van der Waals surface area contributed by atoms with Gasteiger partial charge in [0, 0.05) is 19.6 Å². The van der Waals surface area contributed by atoms with E-state index < -0.39 is 5.41 Å². The lowest BCUT2D eigenvalue weighted by Crippen LogP contribution is -2.38. The Labute approximate surface area is 132 Å². The summed E-state index contributed by atoms with van der Waals surface area (Å²) in [6, 6.07) is 7.64. The summed E-state index contributed by atoms with van der Waals surface area (Å²) >= 11 is 0. The third-order valence-electron chi connectivity index (χ3n) is 4.05. The molecule has 0 aliphatic carbocycles. The zero-order valence-corrected chi connectivity index (χ0v) is 13.6. The van der Waals surface area contributed by atoms with Crippen LogP contribution in [0, 0.1) is 0 Å². The fourth-order valence-corrected chi connectivity index (χ4v) is 2.46. The van der Waals surface area contributed by atoms with Crippen LogP contribution >= 0.6 is 0 Å². The monoisotopic (exact) mass is 307 g/mol. The molecule has 122 valence electrons. The molecular weight excluding hydrogens is 282 g/mol. The number of carbonyl (C=O) groups excluding carboxylic acids is 1. The van der Waals surface area contributed by atoms with Gasteiger partial charge in [-0.2, -0.15) is 0 Å². The van der Waals surface area contributed by atoms with Gasteiger partial charge in [0.1, 0.15) is 12.4 Å². The van der Waals surface area contributed by atoms with Crippen molar-refractivity contribution in [3.8, 4) is 5.75 Å². The molecule has 22 heavy (non-hydrogen) atoms. The third-order valence-corrected chi connectivity index (χ3v) is 4.05. The van der Waals surface area contributed by atoms with E-state index in [2.05, 4.69) is 4.90 Å². The van der Waals surface area contributed by atoms with Crippen molar-refractivity contribution in [2.24, 2.45) is 0 Å². The number of ether oxygens (including phenoxy) is 3. The molecule has 2 rings (SSSR count). The van der Waals surface area contributed by atoms with Crippen molar-refractivity contribution >= 4 is 5.97 Å². The maximum absolute atomic E-state index is 11.8. The van der Waals surface area contributed by atoms with E-state index in [4.69, 9.17) is 14.2 Å². The van der Waals surface area contributed by atoms with Crippen molar-refractivity contribution in [3.63, 3.8) is 0 Å². The minimum absolute atomic E-state index is 0.242. The lowest BCUT2D eigenvalue weighted by molar-refractivity contribution is -0.146. The number of carbonyl (C=O) groups is 1. The van der Waals surface area contributed by atoms with Gasteiger partial charge in [-0.1, -0.05) is 12.1 Å². The van der Waals surface area contributed by atoms with Gasteiger partial charge < -0.3 is 14.2 Å². The highest BCUT2D eigenvalue weighted by Gasteiger charge is 2.30. The standard InChI is InChI=1S/C17H25NO4/c1-17(2,16(19)20-3)14-4-6-15(7-5-14)22-13-10-18-8-11-21-12-9-18/h4-7H,8-13H2,1-3H3. The van der Waals surface area contributed by atoms with Crippen molar-refractivity contribution in [3.05, 3.63) is 29.8 Å². The molecule has 5 heteroatoms. The third kappa shape index (κ3) is 4.21. The number of esters is 1. The van der Waals surface area contributed by atoms with E-state index in [1.807, 2.05) is 38.1 Å². The Hall–Kier alpha value is -1.59. The molecule has 0 saturated carbocycles. The van der Waals surface area contributed by atoms with Crippen molar-refractivity contribution in [1.29, 1.82) is 0 Å². The molecule has 1 saturated heterocycles. The highest BCUT2D eigenvalue weighted by molar-refractivity contribution is 5.82. The van der Waals surface area contributed by atoms with Gasteiger partial charge in [-0.15, -0.1) is 0 Å². The quantitative estimate of drug-likeness (QED) is 0.751. The SMILES string of the molecule is COC(=O)C(C)(C)c1ccc(OCCN2CCOCC2)cc1. The minimum Gasteiger partial charge on any atom is -0.492 e. The molecule has 1 heterocycles. The summed E-state index contributed by atoms with van der Waals surface area (Å²) in [6.07, 6.45) is 0. The number of benzene rings is 1. The van der Waals surface area contributed by atoms with Crippen LogP contribution in [0.5, 0.6) is 5.75 Å².